The van der Waals surface area contributed by atoms with Crippen LogP contribution >= 0.6 is 8.60 Å². The molecule has 0 spiro atoms. The summed E-state index contributed by atoms with van der Waals surface area (Å²) < 4.78 is 22.3. The molecule has 4 atom stereocenters. The van der Waals surface area contributed by atoms with E-state index in [0.29, 0.717) is 0 Å². The minimum atomic E-state index is -2.68. The number of aliphatic hydroxyl groups is 1. The van der Waals surface area contributed by atoms with Gasteiger partial charge in [0, 0.05) is 0 Å². The maximum Gasteiger partial charge on any atom is 0.327 e. The molecule has 5 nitrogen and oxygen atoms in total. The van der Waals surface area contributed by atoms with Gasteiger partial charge in [-0.3, -0.25) is 0 Å². The minimum absolute atomic E-state index is 0.484. The summed E-state index contributed by atoms with van der Waals surface area (Å²) in [6.07, 6.45) is -3.84. The van der Waals surface area contributed by atoms with Crippen LogP contribution in [0.4, 0.5) is 4.39 Å². The van der Waals surface area contributed by atoms with E-state index in [0.717, 1.165) is 0 Å². The van der Waals surface area contributed by atoms with E-state index in [1.807, 2.05) is 0 Å². The molecule has 1 aliphatic heterocycles. The lowest BCUT2D eigenvalue weighted by Crippen LogP contribution is -2.32. The van der Waals surface area contributed by atoms with Crippen molar-refractivity contribution >= 4 is 16.4 Å². The van der Waals surface area contributed by atoms with Crippen LogP contribution in [0.3, 0.4) is 0 Å². The summed E-state index contributed by atoms with van der Waals surface area (Å²) in [7, 11) is 2.49. The van der Waals surface area contributed by atoms with Gasteiger partial charge >= 0.3 is 8.60 Å². The molecule has 1 rings (SSSR count). The molecule has 1 saturated heterocycles. The van der Waals surface area contributed by atoms with Crippen LogP contribution in [-0.4, -0.2) is 53.7 Å². The molecule has 0 bridgehead atoms. The predicted octanol–water partition coefficient (Wildman–Crippen LogP) is -1.19. The van der Waals surface area contributed by atoms with Crippen LogP contribution in [-0.2, 0) is 9.26 Å². The fraction of sp³-hybridized carbons (Fsp3) is 1.00. The van der Waals surface area contributed by atoms with Crippen molar-refractivity contribution in [3.63, 3.8) is 0 Å². The Morgan fingerprint density at radius 2 is 2.15 bits per heavy atom. The molecule has 13 heavy (non-hydrogen) atoms. The third-order valence-electron chi connectivity index (χ3n) is 1.72. The zero-order valence-electron chi connectivity index (χ0n) is 6.58. The van der Waals surface area contributed by atoms with Gasteiger partial charge in [-0.15, -0.1) is 0 Å². The van der Waals surface area contributed by atoms with Crippen LogP contribution in [0.25, 0.3) is 0 Å². The van der Waals surface area contributed by atoms with Crippen LogP contribution < -0.4 is 0 Å². The maximum atomic E-state index is 13.1. The molecule has 1 heterocycles. The topological polar surface area (TPSA) is 79.2 Å². The highest BCUT2D eigenvalue weighted by Gasteiger charge is 2.44. The Balaban J connectivity index is 2.57. The summed E-state index contributed by atoms with van der Waals surface area (Å²) in [5.74, 6) is 0. The van der Waals surface area contributed by atoms with Crippen molar-refractivity contribution in [3.8, 4) is 0 Å². The van der Waals surface area contributed by atoms with E-state index in [4.69, 9.17) is 27.5 Å². The molecule has 0 amide bonds. The first-order chi connectivity index (χ1) is 6.06. The first-order valence-electron chi connectivity index (χ1n) is 3.57. The summed E-state index contributed by atoms with van der Waals surface area (Å²) in [4.78, 5) is 17.0. The predicted molar refractivity (Wildman–Crippen MR) is 42.6 cm³/mol. The second-order valence-corrected chi connectivity index (χ2v) is 3.31. The van der Waals surface area contributed by atoms with E-state index in [1.165, 1.54) is 0 Å². The summed E-state index contributed by atoms with van der Waals surface area (Å²) in [5.41, 5.74) is 0. The van der Waals surface area contributed by atoms with Crippen molar-refractivity contribution < 1.29 is 28.5 Å². The van der Waals surface area contributed by atoms with E-state index in [9.17, 15) is 4.39 Å². The number of alkyl halides is 1. The van der Waals surface area contributed by atoms with Gasteiger partial charge in [0.15, 0.2) is 0 Å². The van der Waals surface area contributed by atoms with Crippen LogP contribution in [0, 0.1) is 0 Å². The Bertz CT molecular complexity index is 173. The standard InChI is InChI=1S/C5H9BFO5P/c6-5-3(7)4(12-13(9)10)2(1-8)11-5/h2-5,8-10H,1H2. The fourth-order valence-corrected chi connectivity index (χ4v) is 1.60. The quantitative estimate of drug-likeness (QED) is 0.403. The Kier molecular flexibility index (Phi) is 4.03. The Morgan fingerprint density at radius 1 is 1.54 bits per heavy atom. The monoisotopic (exact) mass is 210 g/mol. The Morgan fingerprint density at radius 3 is 2.62 bits per heavy atom. The molecule has 0 aromatic carbocycles. The zero-order valence-corrected chi connectivity index (χ0v) is 7.47. The Hall–Kier alpha value is 0.225. The van der Waals surface area contributed by atoms with Crippen molar-refractivity contribution in [1.29, 1.82) is 0 Å². The van der Waals surface area contributed by atoms with Crippen LogP contribution in [0.1, 0.15) is 0 Å². The zero-order chi connectivity index (χ0) is 10.0. The molecule has 1 aliphatic rings. The first kappa shape index (κ1) is 11.3. The third-order valence-corrected chi connectivity index (χ3v) is 2.15. The second kappa shape index (κ2) is 4.64. The number of aliphatic hydroxyl groups excluding tert-OH is 1. The molecule has 3 N–H and O–H groups in total. The molecule has 8 heteroatoms. The fourth-order valence-electron chi connectivity index (χ4n) is 1.13. The van der Waals surface area contributed by atoms with Gasteiger partial charge in [-0.1, -0.05) is 0 Å². The summed E-state index contributed by atoms with van der Waals surface area (Å²) >= 11 is 0. The van der Waals surface area contributed by atoms with Gasteiger partial charge in [0.05, 0.1) is 12.6 Å². The van der Waals surface area contributed by atoms with Gasteiger partial charge in [0.2, 0.25) is 0 Å². The van der Waals surface area contributed by atoms with E-state index in [-0.39, 0.29) is 0 Å². The minimum Gasteiger partial charge on any atom is -0.394 e. The van der Waals surface area contributed by atoms with E-state index in [2.05, 4.69) is 4.52 Å². The highest BCUT2D eigenvalue weighted by molar-refractivity contribution is 7.39. The molecule has 1 fully saturated rings. The molecular weight excluding hydrogens is 201 g/mol. The first-order valence-corrected chi connectivity index (χ1v) is 4.73. The van der Waals surface area contributed by atoms with E-state index >= 15 is 0 Å². The normalized spacial score (nSPS) is 40.1. The van der Waals surface area contributed by atoms with Crippen molar-refractivity contribution in [2.24, 2.45) is 0 Å². The molecule has 0 saturated carbocycles. The maximum absolute atomic E-state index is 13.1. The smallest absolute Gasteiger partial charge is 0.327 e. The molecule has 74 valence electrons. The highest BCUT2D eigenvalue weighted by Crippen LogP contribution is 2.35. The SMILES string of the molecule is [B]C1OC(CO)C(OP(O)O)C1F. The van der Waals surface area contributed by atoms with Gasteiger partial charge < -0.3 is 24.2 Å². The second-order valence-electron chi connectivity index (χ2n) is 2.59. The Labute approximate surface area is 76.9 Å². The molecule has 4 unspecified atom stereocenters. The molecule has 0 aromatic heterocycles. The third kappa shape index (κ3) is 2.59. The molecule has 0 aliphatic carbocycles. The summed E-state index contributed by atoms with van der Waals surface area (Å²) in [6, 6.07) is -1.20. The lowest BCUT2D eigenvalue weighted by atomic mass is 9.94. The number of ether oxygens (including phenoxy) is 1. The lowest BCUT2D eigenvalue weighted by molar-refractivity contribution is -0.000148. The van der Waals surface area contributed by atoms with Crippen molar-refractivity contribution in [1.82, 2.24) is 0 Å². The van der Waals surface area contributed by atoms with Crippen LogP contribution in [0.15, 0.2) is 0 Å². The molecule has 0 aromatic rings. The number of hydrogen-bond donors (Lipinski definition) is 3. The van der Waals surface area contributed by atoms with Gasteiger partial charge in [-0.25, -0.2) is 4.39 Å². The van der Waals surface area contributed by atoms with Gasteiger partial charge in [-0.05, 0) is 0 Å². The van der Waals surface area contributed by atoms with Gasteiger partial charge in [0.1, 0.15) is 26.2 Å². The van der Waals surface area contributed by atoms with Gasteiger partial charge in [-0.2, -0.15) is 0 Å². The van der Waals surface area contributed by atoms with E-state index < -0.39 is 39.6 Å². The van der Waals surface area contributed by atoms with Crippen LogP contribution in [0.5, 0.6) is 0 Å². The van der Waals surface area contributed by atoms with Gasteiger partial charge in [0.25, 0.3) is 0 Å². The number of halogens is 1. The molecule has 2 radical (unpaired) electrons. The molecular formula is C5H9BFO5P. The van der Waals surface area contributed by atoms with Crippen molar-refractivity contribution in [2.45, 2.75) is 24.4 Å². The summed E-state index contributed by atoms with van der Waals surface area (Å²) in [5, 5.41) is 8.70. The van der Waals surface area contributed by atoms with Crippen molar-refractivity contribution in [3.05, 3.63) is 0 Å². The average molecular weight is 210 g/mol. The largest absolute Gasteiger partial charge is 0.394 e. The summed E-state index contributed by atoms with van der Waals surface area (Å²) in [6.45, 7) is -0.484. The lowest BCUT2D eigenvalue weighted by Gasteiger charge is -2.17. The van der Waals surface area contributed by atoms with E-state index in [1.54, 1.807) is 0 Å². The van der Waals surface area contributed by atoms with Crippen LogP contribution in [0.2, 0.25) is 0 Å². The average Bonchev–Trinajstić information content (AvgIpc) is 2.31. The number of hydrogen-bond acceptors (Lipinski definition) is 5. The number of rotatable bonds is 3. The highest BCUT2D eigenvalue weighted by atomic mass is 31.2. The van der Waals surface area contributed by atoms with Crippen molar-refractivity contribution in [2.75, 3.05) is 6.61 Å².